The van der Waals surface area contributed by atoms with Crippen LogP contribution in [0, 0.1) is 11.8 Å². The third-order valence-corrected chi connectivity index (χ3v) is 3.41. The van der Waals surface area contributed by atoms with E-state index in [-0.39, 0.29) is 0 Å². The van der Waals surface area contributed by atoms with Crippen molar-refractivity contribution in [3.63, 3.8) is 0 Å². The molecule has 2 heteroatoms. The second-order valence-electron chi connectivity index (χ2n) is 3.21. The highest BCUT2D eigenvalue weighted by atomic mass is 32.2. The van der Waals surface area contributed by atoms with Gasteiger partial charge >= 0.3 is 0 Å². The maximum Gasteiger partial charge on any atom is 0.0214 e. The van der Waals surface area contributed by atoms with E-state index in [0.29, 0.717) is 0 Å². The van der Waals surface area contributed by atoms with Crippen molar-refractivity contribution in [3.05, 3.63) is 0 Å². The predicted octanol–water partition coefficient (Wildman–Crippen LogP) is 1.88. The summed E-state index contributed by atoms with van der Waals surface area (Å²) in [7, 11) is 0. The van der Waals surface area contributed by atoms with Crippen molar-refractivity contribution in [2.24, 2.45) is 0 Å². The molecule has 2 atom stereocenters. The third-order valence-electron chi connectivity index (χ3n) is 2.06. The third kappa shape index (κ3) is 3.51. The molecule has 1 aliphatic heterocycles. The molecule has 1 nitrogen and oxygen atoms in total. The normalized spacial score (nSPS) is 28.2. The van der Waals surface area contributed by atoms with Crippen molar-refractivity contribution in [1.82, 2.24) is 5.32 Å². The van der Waals surface area contributed by atoms with Gasteiger partial charge in [-0.2, -0.15) is 11.8 Å². The van der Waals surface area contributed by atoms with Gasteiger partial charge in [-0.25, -0.2) is 0 Å². The van der Waals surface area contributed by atoms with E-state index in [1.807, 2.05) is 6.92 Å². The molecule has 1 N–H and O–H groups in total. The van der Waals surface area contributed by atoms with Crippen LogP contribution in [-0.2, 0) is 0 Å². The smallest absolute Gasteiger partial charge is 0.0214 e. The first kappa shape index (κ1) is 9.95. The molecule has 1 heterocycles. The van der Waals surface area contributed by atoms with Crippen LogP contribution in [0.25, 0.3) is 0 Å². The summed E-state index contributed by atoms with van der Waals surface area (Å²) >= 11 is 2.07. The lowest BCUT2D eigenvalue weighted by Gasteiger charge is -2.08. The van der Waals surface area contributed by atoms with Gasteiger partial charge in [-0.15, -0.1) is 11.8 Å². The Bertz CT molecular complexity index is 180. The Labute approximate surface area is 79.7 Å². The number of rotatable bonds is 3. The fourth-order valence-corrected chi connectivity index (χ4v) is 2.61. The van der Waals surface area contributed by atoms with Gasteiger partial charge in [0.15, 0.2) is 0 Å². The Hall–Kier alpha value is -0.130. The molecule has 1 saturated heterocycles. The second-order valence-corrected chi connectivity index (χ2v) is 4.68. The van der Waals surface area contributed by atoms with E-state index >= 15 is 0 Å². The topological polar surface area (TPSA) is 12.0 Å². The van der Waals surface area contributed by atoms with Crippen LogP contribution < -0.4 is 5.32 Å². The number of thioether (sulfide) groups is 1. The minimum atomic E-state index is 0.739. The quantitative estimate of drug-likeness (QED) is 0.529. The molecule has 12 heavy (non-hydrogen) atoms. The summed E-state index contributed by atoms with van der Waals surface area (Å²) in [6.45, 7) is 5.25. The van der Waals surface area contributed by atoms with Crippen molar-refractivity contribution < 1.29 is 0 Å². The monoisotopic (exact) mass is 183 g/mol. The molecule has 0 saturated carbocycles. The van der Waals surface area contributed by atoms with Crippen LogP contribution in [0.2, 0.25) is 0 Å². The predicted molar refractivity (Wildman–Crippen MR) is 56.4 cm³/mol. The van der Waals surface area contributed by atoms with E-state index in [2.05, 4.69) is 35.8 Å². The second kappa shape index (κ2) is 5.50. The standard InChI is InChI=1S/C10H17NS/c1-3-4-5-6-11-10-7-9(2)12-8-10/h9-11H,5-8H2,1-2H3. The lowest BCUT2D eigenvalue weighted by molar-refractivity contribution is 0.547. The van der Waals surface area contributed by atoms with E-state index in [0.717, 1.165) is 24.3 Å². The molecular formula is C10H17NS. The molecular weight excluding hydrogens is 166 g/mol. The van der Waals surface area contributed by atoms with Crippen LogP contribution in [0.15, 0.2) is 0 Å². The summed E-state index contributed by atoms with van der Waals surface area (Å²) in [5, 5.41) is 4.37. The molecule has 0 aromatic carbocycles. The highest BCUT2D eigenvalue weighted by Gasteiger charge is 2.20. The van der Waals surface area contributed by atoms with E-state index in [1.165, 1.54) is 12.2 Å². The Morgan fingerprint density at radius 3 is 3.00 bits per heavy atom. The molecule has 0 radical (unpaired) electrons. The van der Waals surface area contributed by atoms with Gasteiger partial charge in [-0.05, 0) is 13.3 Å². The van der Waals surface area contributed by atoms with Gasteiger partial charge in [0.05, 0.1) is 0 Å². The first-order chi connectivity index (χ1) is 5.83. The van der Waals surface area contributed by atoms with Crippen LogP contribution >= 0.6 is 11.8 Å². The van der Waals surface area contributed by atoms with Crippen LogP contribution in [-0.4, -0.2) is 23.6 Å². The Morgan fingerprint density at radius 1 is 1.58 bits per heavy atom. The molecule has 1 aliphatic rings. The lowest BCUT2D eigenvalue weighted by atomic mass is 10.2. The maximum absolute atomic E-state index is 3.52. The van der Waals surface area contributed by atoms with Crippen molar-refractivity contribution in [2.75, 3.05) is 12.3 Å². The highest BCUT2D eigenvalue weighted by Crippen LogP contribution is 2.25. The highest BCUT2D eigenvalue weighted by molar-refractivity contribution is 8.00. The summed E-state index contributed by atoms with van der Waals surface area (Å²) in [4.78, 5) is 0. The summed E-state index contributed by atoms with van der Waals surface area (Å²) in [6.07, 6.45) is 2.32. The van der Waals surface area contributed by atoms with Gasteiger partial charge in [0, 0.05) is 30.0 Å². The van der Waals surface area contributed by atoms with Crippen LogP contribution in [0.4, 0.5) is 0 Å². The first-order valence-electron chi connectivity index (χ1n) is 4.57. The first-order valence-corrected chi connectivity index (χ1v) is 5.62. The van der Waals surface area contributed by atoms with Gasteiger partial charge < -0.3 is 5.32 Å². The van der Waals surface area contributed by atoms with E-state index in [1.54, 1.807) is 0 Å². The molecule has 0 amide bonds. The molecule has 68 valence electrons. The van der Waals surface area contributed by atoms with Gasteiger partial charge in [0.25, 0.3) is 0 Å². The number of hydrogen-bond donors (Lipinski definition) is 1. The minimum absolute atomic E-state index is 0.739. The van der Waals surface area contributed by atoms with Gasteiger partial charge in [0.1, 0.15) is 0 Å². The SMILES string of the molecule is CC#CCCNC1CSC(C)C1. The zero-order chi connectivity index (χ0) is 8.81. The zero-order valence-corrected chi connectivity index (χ0v) is 8.71. The molecule has 0 bridgehead atoms. The Kier molecular flexibility index (Phi) is 4.57. The molecule has 0 spiro atoms. The van der Waals surface area contributed by atoms with Gasteiger partial charge in [0.2, 0.25) is 0 Å². The Morgan fingerprint density at radius 2 is 2.42 bits per heavy atom. The van der Waals surface area contributed by atoms with Crippen molar-refractivity contribution in [2.45, 2.75) is 38.0 Å². The molecule has 1 rings (SSSR count). The van der Waals surface area contributed by atoms with Gasteiger partial charge in [-0.1, -0.05) is 6.92 Å². The molecule has 1 fully saturated rings. The average molecular weight is 183 g/mol. The molecule has 2 unspecified atom stereocenters. The van der Waals surface area contributed by atoms with E-state index in [9.17, 15) is 0 Å². The lowest BCUT2D eigenvalue weighted by Crippen LogP contribution is -2.29. The van der Waals surface area contributed by atoms with E-state index in [4.69, 9.17) is 0 Å². The van der Waals surface area contributed by atoms with Crippen molar-refractivity contribution >= 4 is 11.8 Å². The van der Waals surface area contributed by atoms with Crippen molar-refractivity contribution in [1.29, 1.82) is 0 Å². The average Bonchev–Trinajstić information content (AvgIpc) is 2.45. The fraction of sp³-hybridized carbons (Fsp3) is 0.800. The summed E-state index contributed by atoms with van der Waals surface area (Å²) in [6, 6.07) is 0.739. The summed E-state index contributed by atoms with van der Waals surface area (Å²) in [5.41, 5.74) is 0. The molecule has 0 aliphatic carbocycles. The maximum atomic E-state index is 3.52. The number of hydrogen-bond acceptors (Lipinski definition) is 2. The van der Waals surface area contributed by atoms with Crippen LogP contribution in [0.5, 0.6) is 0 Å². The Balaban J connectivity index is 2.03. The molecule has 0 aromatic rings. The summed E-state index contributed by atoms with van der Waals surface area (Å²) in [5.74, 6) is 7.25. The van der Waals surface area contributed by atoms with Crippen LogP contribution in [0.3, 0.4) is 0 Å². The number of nitrogens with one attached hydrogen (secondary N) is 1. The largest absolute Gasteiger partial charge is 0.312 e. The fourth-order valence-electron chi connectivity index (χ4n) is 1.42. The minimum Gasteiger partial charge on any atom is -0.312 e. The summed E-state index contributed by atoms with van der Waals surface area (Å²) < 4.78 is 0. The van der Waals surface area contributed by atoms with E-state index < -0.39 is 0 Å². The zero-order valence-electron chi connectivity index (χ0n) is 7.89. The van der Waals surface area contributed by atoms with Crippen molar-refractivity contribution in [3.8, 4) is 11.8 Å². The molecule has 0 aromatic heterocycles. The van der Waals surface area contributed by atoms with Crippen LogP contribution in [0.1, 0.15) is 26.7 Å². The van der Waals surface area contributed by atoms with Gasteiger partial charge in [-0.3, -0.25) is 0 Å².